The van der Waals surface area contributed by atoms with E-state index in [0.29, 0.717) is 0 Å². The molecule has 4 aromatic rings. The summed E-state index contributed by atoms with van der Waals surface area (Å²) in [6, 6.07) is 15.4. The van der Waals surface area contributed by atoms with Crippen LogP contribution < -0.4 is 4.57 Å². The topological polar surface area (TPSA) is 29.7 Å². The van der Waals surface area contributed by atoms with Crippen molar-refractivity contribution in [3.63, 3.8) is 0 Å². The average Bonchev–Trinajstić information content (AvgIpc) is 2.70. The van der Waals surface area contributed by atoms with Crippen molar-refractivity contribution in [1.29, 1.82) is 0 Å². The molecular weight excluding hydrogens is 378 g/mol. The zero-order valence-corrected chi connectivity index (χ0v) is 19.7. The van der Waals surface area contributed by atoms with Gasteiger partial charge < -0.3 is 0 Å². The summed E-state index contributed by atoms with van der Waals surface area (Å²) in [4.78, 5) is 9.47. The second-order valence-electron chi connectivity index (χ2n) is 9.98. The zero-order chi connectivity index (χ0) is 22.3. The van der Waals surface area contributed by atoms with Crippen LogP contribution in [0.3, 0.4) is 0 Å². The molecule has 0 bridgehead atoms. The molecule has 3 nitrogen and oxygen atoms in total. The number of pyridine rings is 1. The maximum absolute atomic E-state index is 4.74. The van der Waals surface area contributed by atoms with Gasteiger partial charge in [0.15, 0.2) is 5.52 Å². The Kier molecular flexibility index (Phi) is 5.38. The molecule has 2 heterocycles. The molecule has 0 saturated carbocycles. The third-order valence-electron chi connectivity index (χ3n) is 5.90. The summed E-state index contributed by atoms with van der Waals surface area (Å²) in [5, 5.41) is 1.16. The fourth-order valence-electron chi connectivity index (χ4n) is 4.33. The maximum atomic E-state index is 4.74. The lowest BCUT2D eigenvalue weighted by Crippen LogP contribution is -2.32. The van der Waals surface area contributed by atoms with Gasteiger partial charge >= 0.3 is 0 Å². The number of rotatable bonds is 3. The van der Waals surface area contributed by atoms with Gasteiger partial charge in [0, 0.05) is 17.3 Å². The number of nitrogens with zero attached hydrogens (tertiary/aromatic N) is 3. The molecule has 158 valence electrons. The van der Waals surface area contributed by atoms with Crippen LogP contribution in [0, 0.1) is 26.2 Å². The minimum Gasteiger partial charge on any atom is -0.256 e. The van der Waals surface area contributed by atoms with Gasteiger partial charge in [-0.1, -0.05) is 44.5 Å². The van der Waals surface area contributed by atoms with Crippen LogP contribution in [0.15, 0.2) is 55.0 Å². The molecule has 0 saturated heterocycles. The van der Waals surface area contributed by atoms with Crippen molar-refractivity contribution >= 4 is 10.9 Å². The Morgan fingerprint density at radius 3 is 2.35 bits per heavy atom. The van der Waals surface area contributed by atoms with Crippen LogP contribution in [0.25, 0.3) is 33.4 Å². The highest BCUT2D eigenvalue weighted by atomic mass is 15.0. The molecule has 0 aliphatic heterocycles. The van der Waals surface area contributed by atoms with Gasteiger partial charge in [0.05, 0.1) is 18.1 Å². The van der Waals surface area contributed by atoms with E-state index in [4.69, 9.17) is 9.97 Å². The molecule has 0 amide bonds. The van der Waals surface area contributed by atoms with Crippen molar-refractivity contribution < 1.29 is 4.57 Å². The highest BCUT2D eigenvalue weighted by molar-refractivity contribution is 5.93. The molecule has 31 heavy (non-hydrogen) atoms. The Balaban J connectivity index is 1.79. The van der Waals surface area contributed by atoms with E-state index in [1.807, 2.05) is 12.5 Å². The molecule has 0 radical (unpaired) electrons. The summed E-state index contributed by atoms with van der Waals surface area (Å²) in [6.45, 7) is 13.3. The molecule has 3 heteroatoms. The van der Waals surface area contributed by atoms with E-state index in [2.05, 4.69) is 95.6 Å². The average molecular weight is 411 g/mol. The summed E-state index contributed by atoms with van der Waals surface area (Å²) >= 11 is 0. The zero-order valence-electron chi connectivity index (χ0n) is 19.7. The number of benzene rings is 2. The van der Waals surface area contributed by atoms with Gasteiger partial charge in [-0.2, -0.15) is 0 Å². The Bertz CT molecular complexity index is 1260. The van der Waals surface area contributed by atoms with E-state index in [-0.39, 0.29) is 5.41 Å². The predicted molar refractivity (Wildman–Crippen MR) is 129 cm³/mol. The molecule has 0 atom stereocenters. The molecule has 0 aliphatic rings. The highest BCUT2D eigenvalue weighted by Crippen LogP contribution is 2.31. The van der Waals surface area contributed by atoms with Crippen LogP contribution in [0.2, 0.25) is 0 Å². The molecule has 0 fully saturated rings. The second kappa shape index (κ2) is 7.88. The van der Waals surface area contributed by atoms with E-state index in [0.717, 1.165) is 28.6 Å². The summed E-state index contributed by atoms with van der Waals surface area (Å²) in [5.74, 6) is 0. The van der Waals surface area contributed by atoms with Gasteiger partial charge in [0.1, 0.15) is 5.69 Å². The van der Waals surface area contributed by atoms with Crippen LogP contribution >= 0.6 is 0 Å². The minimum absolute atomic E-state index is 0.258. The first-order chi connectivity index (χ1) is 14.6. The Morgan fingerprint density at radius 1 is 0.903 bits per heavy atom. The smallest absolute Gasteiger partial charge is 0.256 e. The van der Waals surface area contributed by atoms with Crippen molar-refractivity contribution in [2.45, 2.75) is 48.0 Å². The van der Waals surface area contributed by atoms with Gasteiger partial charge in [0.2, 0.25) is 0 Å². The molecule has 4 rings (SSSR count). The monoisotopic (exact) mass is 410 g/mol. The first kappa shape index (κ1) is 21.2. The number of fused-ring (bicyclic) bond motifs is 1. The van der Waals surface area contributed by atoms with Crippen LogP contribution in [0.1, 0.15) is 43.0 Å². The van der Waals surface area contributed by atoms with Crippen molar-refractivity contribution in [3.05, 3.63) is 77.2 Å². The Hall–Kier alpha value is -3.07. The molecule has 0 unspecified atom stereocenters. The van der Waals surface area contributed by atoms with Crippen LogP contribution in [-0.2, 0) is 13.5 Å². The SMILES string of the molecule is Cc1cc(C)c(C)c(-c2c3ccc(-c4ccc(CC(C)(C)C)cn4)cc3nc[n+]2C)c1. The molecule has 2 aromatic carbocycles. The highest BCUT2D eigenvalue weighted by Gasteiger charge is 2.19. The van der Waals surface area contributed by atoms with Crippen molar-refractivity contribution in [1.82, 2.24) is 9.97 Å². The van der Waals surface area contributed by atoms with Crippen LogP contribution in [0.5, 0.6) is 0 Å². The van der Waals surface area contributed by atoms with Crippen LogP contribution in [0.4, 0.5) is 0 Å². The molecule has 0 spiro atoms. The summed E-state index contributed by atoms with van der Waals surface area (Å²) in [5.41, 5.74) is 11.0. The predicted octanol–water partition coefficient (Wildman–Crippen LogP) is 6.30. The summed E-state index contributed by atoms with van der Waals surface area (Å²) < 4.78 is 2.13. The van der Waals surface area contributed by atoms with E-state index >= 15 is 0 Å². The molecular formula is C28H32N3+. The lowest BCUT2D eigenvalue weighted by molar-refractivity contribution is -0.662. The summed E-state index contributed by atoms with van der Waals surface area (Å²) in [7, 11) is 2.07. The number of aryl methyl sites for hydroxylation is 3. The van der Waals surface area contributed by atoms with Gasteiger partial charge in [-0.25, -0.2) is 4.57 Å². The first-order valence-electron chi connectivity index (χ1n) is 10.9. The molecule has 2 aromatic heterocycles. The number of aromatic nitrogens is 3. The van der Waals surface area contributed by atoms with Crippen molar-refractivity contribution in [2.24, 2.45) is 12.5 Å². The fourth-order valence-corrected chi connectivity index (χ4v) is 4.33. The minimum atomic E-state index is 0.258. The molecule has 0 aliphatic carbocycles. The van der Waals surface area contributed by atoms with Crippen molar-refractivity contribution in [2.75, 3.05) is 0 Å². The quantitative estimate of drug-likeness (QED) is 0.371. The normalized spacial score (nSPS) is 11.8. The standard InChI is InChI=1S/C28H32N3/c1-18-12-19(2)20(3)24(13-18)27-23-10-9-22(14-26(23)30-17-31(27)7)25-11-8-21(16-29-25)15-28(4,5)6/h8-14,16-17H,15H2,1-7H3/q+1. The molecule has 0 N–H and O–H groups in total. The van der Waals surface area contributed by atoms with Gasteiger partial charge in [-0.15, -0.1) is 0 Å². The first-order valence-corrected chi connectivity index (χ1v) is 10.9. The van der Waals surface area contributed by atoms with E-state index < -0.39 is 0 Å². The fraction of sp³-hybridized carbons (Fsp3) is 0.321. The summed E-state index contributed by atoms with van der Waals surface area (Å²) in [6.07, 6.45) is 4.95. The van der Waals surface area contributed by atoms with E-state index in [1.54, 1.807) is 0 Å². The van der Waals surface area contributed by atoms with Crippen LogP contribution in [-0.4, -0.2) is 9.97 Å². The maximum Gasteiger partial charge on any atom is 0.287 e. The Labute approximate surface area is 185 Å². The third kappa shape index (κ3) is 4.36. The largest absolute Gasteiger partial charge is 0.287 e. The van der Waals surface area contributed by atoms with E-state index in [1.165, 1.54) is 33.5 Å². The second-order valence-corrected chi connectivity index (χ2v) is 9.98. The third-order valence-corrected chi connectivity index (χ3v) is 5.90. The van der Waals surface area contributed by atoms with Crippen molar-refractivity contribution in [3.8, 4) is 22.5 Å². The number of hydrogen-bond acceptors (Lipinski definition) is 2. The van der Waals surface area contributed by atoms with E-state index in [9.17, 15) is 0 Å². The Morgan fingerprint density at radius 2 is 1.68 bits per heavy atom. The van der Waals surface area contributed by atoms with Gasteiger partial charge in [-0.3, -0.25) is 4.98 Å². The van der Waals surface area contributed by atoms with Gasteiger partial charge in [0.25, 0.3) is 6.33 Å². The number of hydrogen-bond donors (Lipinski definition) is 0. The lowest BCUT2D eigenvalue weighted by Gasteiger charge is -2.17. The lowest BCUT2D eigenvalue weighted by atomic mass is 9.89. The van der Waals surface area contributed by atoms with Gasteiger partial charge in [-0.05, 0) is 78.5 Å².